The number of amides is 2. The molecule has 1 fully saturated rings. The van der Waals surface area contributed by atoms with Crippen molar-refractivity contribution in [3.63, 3.8) is 0 Å². The van der Waals surface area contributed by atoms with Gasteiger partial charge in [-0.05, 0) is 0 Å². The van der Waals surface area contributed by atoms with Crippen molar-refractivity contribution in [2.24, 2.45) is 0 Å². The maximum Gasteiger partial charge on any atom is 0.219 e. The Balaban J connectivity index is 2.14. The molecule has 0 aromatic rings. The first-order valence-electron chi connectivity index (χ1n) is 5.32. The molecule has 1 aliphatic rings. The Labute approximate surface area is 90.4 Å². The van der Waals surface area contributed by atoms with Gasteiger partial charge < -0.3 is 10.2 Å². The van der Waals surface area contributed by atoms with Crippen LogP contribution in [0, 0.1) is 0 Å². The summed E-state index contributed by atoms with van der Waals surface area (Å²) in [4.78, 5) is 25.8. The normalized spacial score (nSPS) is 17.6. The molecule has 0 radical (unpaired) electrons. The van der Waals surface area contributed by atoms with Crippen LogP contribution in [0.4, 0.5) is 0 Å². The highest BCUT2D eigenvalue weighted by Gasteiger charge is 2.17. The van der Waals surface area contributed by atoms with Gasteiger partial charge in [-0.15, -0.1) is 0 Å². The largest absolute Gasteiger partial charge is 0.355 e. The molecule has 15 heavy (non-hydrogen) atoms. The molecule has 0 saturated carbocycles. The fourth-order valence-corrected chi connectivity index (χ4v) is 1.68. The van der Waals surface area contributed by atoms with E-state index in [-0.39, 0.29) is 11.8 Å². The number of carbonyl (C=O) groups excluding carboxylic acids is 2. The Morgan fingerprint density at radius 1 is 1.13 bits per heavy atom. The lowest BCUT2D eigenvalue weighted by atomic mass is 10.3. The van der Waals surface area contributed by atoms with Gasteiger partial charge in [-0.3, -0.25) is 14.5 Å². The molecule has 86 valence electrons. The van der Waals surface area contributed by atoms with Crippen molar-refractivity contribution >= 4 is 11.8 Å². The van der Waals surface area contributed by atoms with Crippen LogP contribution in [-0.2, 0) is 9.59 Å². The topological polar surface area (TPSA) is 52.7 Å². The van der Waals surface area contributed by atoms with Gasteiger partial charge in [0.2, 0.25) is 11.8 Å². The number of nitrogens with zero attached hydrogens (tertiary/aromatic N) is 2. The maximum atomic E-state index is 11.1. The van der Waals surface area contributed by atoms with Crippen molar-refractivity contribution in [3.8, 4) is 0 Å². The fraction of sp³-hybridized carbons (Fsp3) is 0.800. The quantitative estimate of drug-likeness (QED) is 0.673. The lowest BCUT2D eigenvalue weighted by Crippen LogP contribution is -2.49. The van der Waals surface area contributed by atoms with Crippen LogP contribution >= 0.6 is 0 Å². The first-order chi connectivity index (χ1) is 7.09. The third kappa shape index (κ3) is 4.29. The number of carbonyl (C=O) groups is 2. The molecule has 0 spiro atoms. The van der Waals surface area contributed by atoms with Crippen molar-refractivity contribution in [1.29, 1.82) is 0 Å². The van der Waals surface area contributed by atoms with Gasteiger partial charge in [0.15, 0.2) is 0 Å². The first-order valence-corrected chi connectivity index (χ1v) is 5.32. The van der Waals surface area contributed by atoms with Crippen LogP contribution in [0.2, 0.25) is 0 Å². The van der Waals surface area contributed by atoms with Gasteiger partial charge in [0.05, 0.1) is 0 Å². The fourth-order valence-electron chi connectivity index (χ4n) is 1.68. The van der Waals surface area contributed by atoms with Crippen LogP contribution in [0.5, 0.6) is 0 Å². The molecule has 2 amide bonds. The van der Waals surface area contributed by atoms with Crippen molar-refractivity contribution in [1.82, 2.24) is 15.1 Å². The van der Waals surface area contributed by atoms with E-state index in [0.29, 0.717) is 6.54 Å². The second kappa shape index (κ2) is 5.70. The number of hydrogen-bond acceptors (Lipinski definition) is 3. The molecule has 1 N–H and O–H groups in total. The molecule has 1 heterocycles. The molecule has 1 saturated heterocycles. The minimum absolute atomic E-state index is 0.0115. The smallest absolute Gasteiger partial charge is 0.219 e. The minimum atomic E-state index is 0.0115. The summed E-state index contributed by atoms with van der Waals surface area (Å²) >= 11 is 0. The van der Waals surface area contributed by atoms with Gasteiger partial charge in [-0.2, -0.15) is 0 Å². The lowest BCUT2D eigenvalue weighted by Gasteiger charge is -2.34. The molecule has 5 nitrogen and oxygen atoms in total. The van der Waals surface area contributed by atoms with Crippen LogP contribution in [0.3, 0.4) is 0 Å². The zero-order valence-electron chi connectivity index (χ0n) is 9.45. The number of nitrogens with one attached hydrogen (secondary N) is 1. The molecule has 0 aromatic carbocycles. The van der Waals surface area contributed by atoms with E-state index in [1.807, 2.05) is 4.90 Å². The molecule has 5 heteroatoms. The molecule has 0 aromatic heterocycles. The third-order valence-electron chi connectivity index (χ3n) is 2.62. The van der Waals surface area contributed by atoms with Crippen LogP contribution in [0.1, 0.15) is 13.8 Å². The summed E-state index contributed by atoms with van der Waals surface area (Å²) in [6.45, 7) is 8.09. The van der Waals surface area contributed by atoms with Crippen molar-refractivity contribution in [3.05, 3.63) is 0 Å². The standard InChI is InChI=1S/C10H19N3O2/c1-9(14)11-3-4-12-5-7-13(8-6-12)10(2)15/h3-8H2,1-2H3,(H,11,14). The molecule has 1 aliphatic heterocycles. The Morgan fingerprint density at radius 3 is 2.20 bits per heavy atom. The Morgan fingerprint density at radius 2 is 1.73 bits per heavy atom. The van der Waals surface area contributed by atoms with E-state index in [9.17, 15) is 9.59 Å². The van der Waals surface area contributed by atoms with Gasteiger partial charge in [-0.25, -0.2) is 0 Å². The summed E-state index contributed by atoms with van der Waals surface area (Å²) in [6.07, 6.45) is 0. The van der Waals surface area contributed by atoms with Crippen LogP contribution < -0.4 is 5.32 Å². The average Bonchev–Trinajstić information content (AvgIpc) is 2.18. The molecular formula is C10H19N3O2. The molecule has 0 unspecified atom stereocenters. The van der Waals surface area contributed by atoms with Gasteiger partial charge in [0.25, 0.3) is 0 Å². The molecular weight excluding hydrogens is 194 g/mol. The van der Waals surface area contributed by atoms with E-state index in [1.165, 1.54) is 6.92 Å². The predicted octanol–water partition coefficient (Wildman–Crippen LogP) is -0.713. The zero-order valence-corrected chi connectivity index (χ0v) is 9.45. The summed E-state index contributed by atoms with van der Waals surface area (Å²) in [6, 6.07) is 0. The van der Waals surface area contributed by atoms with E-state index in [1.54, 1.807) is 6.92 Å². The highest BCUT2D eigenvalue weighted by Crippen LogP contribution is 2.00. The van der Waals surface area contributed by atoms with E-state index in [0.717, 1.165) is 32.7 Å². The Hall–Kier alpha value is -1.10. The summed E-state index contributed by atoms with van der Waals surface area (Å²) in [7, 11) is 0. The second-order valence-electron chi connectivity index (χ2n) is 3.83. The number of piperazine rings is 1. The van der Waals surface area contributed by atoms with E-state index in [2.05, 4.69) is 10.2 Å². The molecule has 1 rings (SSSR count). The monoisotopic (exact) mass is 213 g/mol. The number of hydrogen-bond donors (Lipinski definition) is 1. The van der Waals surface area contributed by atoms with E-state index >= 15 is 0 Å². The second-order valence-corrected chi connectivity index (χ2v) is 3.83. The van der Waals surface area contributed by atoms with Crippen molar-refractivity contribution < 1.29 is 9.59 Å². The first kappa shape index (κ1) is 12.0. The SMILES string of the molecule is CC(=O)NCCN1CCN(C(C)=O)CC1. The Bertz CT molecular complexity index is 232. The molecule has 0 aliphatic carbocycles. The minimum Gasteiger partial charge on any atom is -0.355 e. The molecule has 0 atom stereocenters. The van der Waals surface area contributed by atoms with Crippen LogP contribution in [0.25, 0.3) is 0 Å². The number of rotatable bonds is 3. The summed E-state index contributed by atoms with van der Waals surface area (Å²) in [5.41, 5.74) is 0. The third-order valence-corrected chi connectivity index (χ3v) is 2.62. The van der Waals surface area contributed by atoms with Gasteiger partial charge in [0, 0.05) is 53.1 Å². The predicted molar refractivity (Wildman–Crippen MR) is 57.4 cm³/mol. The van der Waals surface area contributed by atoms with Gasteiger partial charge in [0.1, 0.15) is 0 Å². The summed E-state index contributed by atoms with van der Waals surface area (Å²) < 4.78 is 0. The van der Waals surface area contributed by atoms with Crippen LogP contribution in [-0.4, -0.2) is 60.9 Å². The lowest BCUT2D eigenvalue weighted by molar-refractivity contribution is -0.130. The highest BCUT2D eigenvalue weighted by atomic mass is 16.2. The maximum absolute atomic E-state index is 11.1. The van der Waals surface area contributed by atoms with E-state index < -0.39 is 0 Å². The van der Waals surface area contributed by atoms with Crippen LogP contribution in [0.15, 0.2) is 0 Å². The highest BCUT2D eigenvalue weighted by molar-refractivity contribution is 5.73. The average molecular weight is 213 g/mol. The zero-order chi connectivity index (χ0) is 11.3. The Kier molecular flexibility index (Phi) is 4.55. The summed E-state index contributed by atoms with van der Waals surface area (Å²) in [5.74, 6) is 0.161. The van der Waals surface area contributed by atoms with Gasteiger partial charge >= 0.3 is 0 Å². The van der Waals surface area contributed by atoms with Gasteiger partial charge in [-0.1, -0.05) is 0 Å². The summed E-state index contributed by atoms with van der Waals surface area (Å²) in [5, 5.41) is 2.77. The molecule has 0 bridgehead atoms. The van der Waals surface area contributed by atoms with Crippen molar-refractivity contribution in [2.75, 3.05) is 39.3 Å². The van der Waals surface area contributed by atoms with E-state index in [4.69, 9.17) is 0 Å². The van der Waals surface area contributed by atoms with Crippen molar-refractivity contribution in [2.45, 2.75) is 13.8 Å².